The number of carbonyl (C=O) groups excluding carboxylic acids is 1. The zero-order chi connectivity index (χ0) is 17.2. The zero-order valence-electron chi connectivity index (χ0n) is 13.1. The predicted octanol–water partition coefficient (Wildman–Crippen LogP) is 3.05. The molecule has 1 heterocycles. The topological polar surface area (TPSA) is 61.2 Å². The summed E-state index contributed by atoms with van der Waals surface area (Å²) in [6.45, 7) is 5.98. The molecule has 1 aromatic rings. The molecular weight excluding hydrogens is 336 g/mol. The summed E-state index contributed by atoms with van der Waals surface area (Å²) in [5.74, 6) is -0.280. The molecular formula is C16H19ClN2O3S. The van der Waals surface area contributed by atoms with Crippen molar-refractivity contribution in [3.8, 4) is 0 Å². The smallest absolute Gasteiger partial charge is 0.345 e. The molecule has 1 rings (SSSR count). The van der Waals surface area contributed by atoms with Gasteiger partial charge >= 0.3 is 5.97 Å². The van der Waals surface area contributed by atoms with Gasteiger partial charge in [-0.1, -0.05) is 42.6 Å². The standard InChI is InChI=1S/C16H19ClN2O3S/c1-4-7-12(8-6-9-17)10-19-11-13(15(21)22-5-2)14(20)18-16(19)23-3/h4,6-8,11H,1,5,9-10H2,2-3H3/b8-6-,12-7+. The van der Waals surface area contributed by atoms with E-state index in [1.54, 1.807) is 23.6 Å². The van der Waals surface area contributed by atoms with Crippen molar-refractivity contribution in [2.24, 2.45) is 0 Å². The lowest BCUT2D eigenvalue weighted by atomic mass is 10.2. The fourth-order valence-corrected chi connectivity index (χ4v) is 2.42. The van der Waals surface area contributed by atoms with E-state index < -0.39 is 11.5 Å². The van der Waals surface area contributed by atoms with Gasteiger partial charge in [-0.2, -0.15) is 4.98 Å². The van der Waals surface area contributed by atoms with E-state index in [-0.39, 0.29) is 12.2 Å². The Bertz CT molecular complexity index is 680. The first kappa shape index (κ1) is 19.3. The van der Waals surface area contributed by atoms with E-state index in [0.717, 1.165) is 5.57 Å². The fourth-order valence-electron chi connectivity index (χ4n) is 1.81. The summed E-state index contributed by atoms with van der Waals surface area (Å²) in [7, 11) is 0. The Balaban J connectivity index is 3.27. The van der Waals surface area contributed by atoms with E-state index in [0.29, 0.717) is 17.6 Å². The highest BCUT2D eigenvalue weighted by Gasteiger charge is 2.16. The first-order valence-electron chi connectivity index (χ1n) is 6.94. The number of nitrogens with zero attached hydrogens (tertiary/aromatic N) is 2. The van der Waals surface area contributed by atoms with Crippen LogP contribution < -0.4 is 5.56 Å². The number of alkyl halides is 1. The molecule has 0 aliphatic rings. The second-order valence-corrected chi connectivity index (χ2v) is 5.41. The Kier molecular flexibility index (Phi) is 8.43. The Hall–Kier alpha value is -1.79. The molecule has 0 atom stereocenters. The molecule has 0 aliphatic heterocycles. The van der Waals surface area contributed by atoms with Crippen molar-refractivity contribution in [3.05, 3.63) is 58.6 Å². The molecule has 0 unspecified atom stereocenters. The van der Waals surface area contributed by atoms with Gasteiger partial charge in [0.05, 0.1) is 6.61 Å². The van der Waals surface area contributed by atoms with Gasteiger partial charge in [0, 0.05) is 18.6 Å². The lowest BCUT2D eigenvalue weighted by Crippen LogP contribution is -2.24. The van der Waals surface area contributed by atoms with Crippen LogP contribution in [0.1, 0.15) is 17.3 Å². The Morgan fingerprint density at radius 1 is 1.57 bits per heavy atom. The summed E-state index contributed by atoms with van der Waals surface area (Å²) in [4.78, 5) is 27.8. The largest absolute Gasteiger partial charge is 0.462 e. The Morgan fingerprint density at radius 3 is 2.87 bits per heavy atom. The molecule has 0 amide bonds. The molecule has 7 heteroatoms. The fraction of sp³-hybridized carbons (Fsp3) is 0.312. The summed E-state index contributed by atoms with van der Waals surface area (Å²) in [5.41, 5.74) is 0.245. The average molecular weight is 355 g/mol. The van der Waals surface area contributed by atoms with Gasteiger partial charge in [-0.3, -0.25) is 4.79 Å². The minimum Gasteiger partial charge on any atom is -0.462 e. The first-order chi connectivity index (χ1) is 11.1. The molecule has 0 radical (unpaired) electrons. The van der Waals surface area contributed by atoms with Crippen LogP contribution in [0.4, 0.5) is 0 Å². The highest BCUT2D eigenvalue weighted by Crippen LogP contribution is 2.14. The molecule has 1 aromatic heterocycles. The van der Waals surface area contributed by atoms with Crippen LogP contribution in [0.3, 0.4) is 0 Å². The number of allylic oxidation sites excluding steroid dienone is 5. The molecule has 0 aromatic carbocycles. The van der Waals surface area contributed by atoms with Crippen LogP contribution in [0, 0.1) is 0 Å². The minimum atomic E-state index is -0.669. The van der Waals surface area contributed by atoms with Gasteiger partial charge in [0.15, 0.2) is 5.16 Å². The molecule has 124 valence electrons. The number of halogens is 1. The number of carbonyl (C=O) groups is 1. The van der Waals surface area contributed by atoms with Gasteiger partial charge in [0.1, 0.15) is 5.56 Å². The van der Waals surface area contributed by atoms with Crippen molar-refractivity contribution < 1.29 is 9.53 Å². The summed E-state index contributed by atoms with van der Waals surface area (Å²) in [6.07, 6.45) is 10.4. The summed E-state index contributed by atoms with van der Waals surface area (Å²) in [5, 5.41) is 0.511. The van der Waals surface area contributed by atoms with Gasteiger partial charge in [0.2, 0.25) is 0 Å². The molecule has 23 heavy (non-hydrogen) atoms. The molecule has 0 spiro atoms. The average Bonchev–Trinajstić information content (AvgIpc) is 2.54. The van der Waals surface area contributed by atoms with E-state index >= 15 is 0 Å². The number of esters is 1. The van der Waals surface area contributed by atoms with Crippen LogP contribution in [-0.4, -0.2) is 34.3 Å². The van der Waals surface area contributed by atoms with Crippen molar-refractivity contribution in [2.45, 2.75) is 18.6 Å². The van der Waals surface area contributed by atoms with Gasteiger partial charge in [-0.25, -0.2) is 4.79 Å². The third-order valence-electron chi connectivity index (χ3n) is 2.74. The van der Waals surface area contributed by atoms with E-state index in [1.165, 1.54) is 18.0 Å². The monoisotopic (exact) mass is 354 g/mol. The van der Waals surface area contributed by atoms with Crippen molar-refractivity contribution in [2.75, 3.05) is 18.7 Å². The van der Waals surface area contributed by atoms with Gasteiger partial charge < -0.3 is 9.30 Å². The SMILES string of the molecule is C=C/C=C(\C=C/CCl)Cn1cc(C(=O)OCC)c(=O)nc1SC. The molecule has 0 fully saturated rings. The van der Waals surface area contributed by atoms with Gasteiger partial charge in [0.25, 0.3) is 5.56 Å². The number of aromatic nitrogens is 2. The van der Waals surface area contributed by atoms with Crippen molar-refractivity contribution in [1.29, 1.82) is 0 Å². The second kappa shape index (κ2) is 10.1. The highest BCUT2D eigenvalue weighted by atomic mass is 35.5. The molecule has 0 bridgehead atoms. The summed E-state index contributed by atoms with van der Waals surface area (Å²) in [6, 6.07) is 0. The highest BCUT2D eigenvalue weighted by molar-refractivity contribution is 7.98. The quantitative estimate of drug-likeness (QED) is 0.236. The second-order valence-electron chi connectivity index (χ2n) is 4.33. The number of rotatable bonds is 8. The lowest BCUT2D eigenvalue weighted by Gasteiger charge is -2.13. The Labute approximate surface area is 144 Å². The normalized spacial score (nSPS) is 11.7. The number of ether oxygens (including phenoxy) is 1. The van der Waals surface area contributed by atoms with E-state index in [9.17, 15) is 9.59 Å². The zero-order valence-corrected chi connectivity index (χ0v) is 14.7. The van der Waals surface area contributed by atoms with E-state index in [2.05, 4.69) is 11.6 Å². The van der Waals surface area contributed by atoms with Crippen LogP contribution in [-0.2, 0) is 11.3 Å². The molecule has 0 aliphatic carbocycles. The minimum absolute atomic E-state index is 0.0797. The van der Waals surface area contributed by atoms with Crippen molar-refractivity contribution in [1.82, 2.24) is 9.55 Å². The van der Waals surface area contributed by atoms with Crippen LogP contribution in [0.15, 0.2) is 52.6 Å². The Morgan fingerprint density at radius 2 is 2.30 bits per heavy atom. The van der Waals surface area contributed by atoms with Crippen LogP contribution in [0.2, 0.25) is 0 Å². The molecule has 0 saturated carbocycles. The van der Waals surface area contributed by atoms with Crippen LogP contribution in [0.25, 0.3) is 0 Å². The summed E-state index contributed by atoms with van der Waals surface area (Å²) >= 11 is 6.99. The van der Waals surface area contributed by atoms with Gasteiger partial charge in [-0.05, 0) is 18.8 Å². The first-order valence-corrected chi connectivity index (χ1v) is 8.70. The third-order valence-corrected chi connectivity index (χ3v) is 3.61. The molecule has 5 nitrogen and oxygen atoms in total. The maximum Gasteiger partial charge on any atom is 0.345 e. The number of thioether (sulfide) groups is 1. The maximum absolute atomic E-state index is 12.0. The lowest BCUT2D eigenvalue weighted by molar-refractivity contribution is 0.0522. The number of hydrogen-bond acceptors (Lipinski definition) is 5. The van der Waals surface area contributed by atoms with Gasteiger partial charge in [-0.15, -0.1) is 11.6 Å². The van der Waals surface area contributed by atoms with Crippen molar-refractivity contribution in [3.63, 3.8) is 0 Å². The number of hydrogen-bond donors (Lipinski definition) is 0. The van der Waals surface area contributed by atoms with Crippen LogP contribution in [0.5, 0.6) is 0 Å². The molecule has 0 N–H and O–H groups in total. The van der Waals surface area contributed by atoms with Crippen LogP contribution >= 0.6 is 23.4 Å². The predicted molar refractivity (Wildman–Crippen MR) is 94.4 cm³/mol. The maximum atomic E-state index is 12.0. The molecule has 0 saturated heterocycles. The van der Waals surface area contributed by atoms with E-state index in [4.69, 9.17) is 16.3 Å². The summed E-state index contributed by atoms with van der Waals surface area (Å²) < 4.78 is 6.62. The van der Waals surface area contributed by atoms with Crippen molar-refractivity contribution >= 4 is 29.3 Å². The third kappa shape index (κ3) is 5.73. The van der Waals surface area contributed by atoms with E-state index in [1.807, 2.05) is 18.4 Å².